The first-order valence-electron chi connectivity index (χ1n) is 5.43. The lowest BCUT2D eigenvalue weighted by Gasteiger charge is -2.33. The van der Waals surface area contributed by atoms with E-state index in [2.05, 4.69) is 4.98 Å². The Labute approximate surface area is 98.1 Å². The third kappa shape index (κ3) is 1.85. The molecule has 0 unspecified atom stereocenters. The van der Waals surface area contributed by atoms with Crippen molar-refractivity contribution in [1.82, 2.24) is 4.98 Å². The smallest absolute Gasteiger partial charge is 0.422 e. The quantitative estimate of drug-likeness (QED) is 0.649. The van der Waals surface area contributed by atoms with Crippen molar-refractivity contribution in [3.8, 4) is 0 Å². The van der Waals surface area contributed by atoms with Crippen LogP contribution >= 0.6 is 0 Å². The maximum atomic E-state index is 9.07. The lowest BCUT2D eigenvalue weighted by Crippen LogP contribution is -2.31. The average Bonchev–Trinajstić information content (AvgIpc) is 2.67. The van der Waals surface area contributed by atoms with Crippen molar-refractivity contribution in [2.24, 2.45) is 0 Å². The van der Waals surface area contributed by atoms with E-state index < -0.39 is 7.12 Å². The molecule has 1 aromatic heterocycles. The Kier molecular flexibility index (Phi) is 2.45. The minimum absolute atomic E-state index is 0.156. The average molecular weight is 233 g/mol. The van der Waals surface area contributed by atoms with Crippen LogP contribution in [0.25, 0.3) is 10.9 Å². The van der Waals surface area contributed by atoms with Gasteiger partial charge in [-0.1, -0.05) is 6.07 Å². The van der Waals surface area contributed by atoms with Crippen molar-refractivity contribution in [2.45, 2.75) is 19.5 Å². The molecule has 1 fully saturated rings. The molecular formula is C11H12BNO4. The van der Waals surface area contributed by atoms with Crippen LogP contribution in [0.15, 0.2) is 24.3 Å². The van der Waals surface area contributed by atoms with E-state index in [1.807, 2.05) is 25.1 Å². The van der Waals surface area contributed by atoms with Gasteiger partial charge < -0.3 is 24.5 Å². The van der Waals surface area contributed by atoms with Crippen molar-refractivity contribution in [3.05, 3.63) is 29.8 Å². The summed E-state index contributed by atoms with van der Waals surface area (Å²) in [7, 11) is -1.48. The van der Waals surface area contributed by atoms with Gasteiger partial charge in [-0.15, -0.1) is 0 Å². The summed E-state index contributed by atoms with van der Waals surface area (Å²) < 4.78 is 10.8. The molecular weight excluding hydrogens is 221 g/mol. The fourth-order valence-corrected chi connectivity index (χ4v) is 1.97. The Morgan fingerprint density at radius 1 is 1.24 bits per heavy atom. The third-order valence-corrected chi connectivity index (χ3v) is 2.85. The molecule has 88 valence electrons. The number of nitrogens with one attached hydrogen (secondary N) is 1. The highest BCUT2D eigenvalue weighted by Crippen LogP contribution is 2.32. The SMILES string of the molecule is CC1OC(c2ccc3[nH]c(B(O)O)cc3c2)O1. The molecule has 0 saturated carbocycles. The number of benzene rings is 1. The molecule has 0 bridgehead atoms. The Hall–Kier alpha value is -1.34. The van der Waals surface area contributed by atoms with Crippen LogP contribution in [-0.2, 0) is 9.47 Å². The van der Waals surface area contributed by atoms with Crippen LogP contribution in [-0.4, -0.2) is 28.4 Å². The first-order chi connectivity index (χ1) is 8.13. The molecule has 0 atom stereocenters. The van der Waals surface area contributed by atoms with E-state index in [0.29, 0.717) is 5.59 Å². The highest BCUT2D eigenvalue weighted by Gasteiger charge is 2.28. The number of H-pyrrole nitrogens is 1. The van der Waals surface area contributed by atoms with Gasteiger partial charge in [-0.2, -0.15) is 0 Å². The Morgan fingerprint density at radius 2 is 2.00 bits per heavy atom. The van der Waals surface area contributed by atoms with Gasteiger partial charge in [-0.25, -0.2) is 0 Å². The molecule has 1 aliphatic rings. The van der Waals surface area contributed by atoms with Crippen molar-refractivity contribution < 1.29 is 19.5 Å². The summed E-state index contributed by atoms with van der Waals surface area (Å²) >= 11 is 0. The van der Waals surface area contributed by atoms with Crippen molar-refractivity contribution in [2.75, 3.05) is 0 Å². The van der Waals surface area contributed by atoms with E-state index in [4.69, 9.17) is 19.5 Å². The molecule has 0 aliphatic carbocycles. The van der Waals surface area contributed by atoms with Gasteiger partial charge in [0.05, 0.1) is 0 Å². The summed E-state index contributed by atoms with van der Waals surface area (Å²) in [6.45, 7) is 1.84. The van der Waals surface area contributed by atoms with Gasteiger partial charge in [-0.3, -0.25) is 0 Å². The molecule has 2 aromatic rings. The van der Waals surface area contributed by atoms with Crippen LogP contribution < -0.4 is 5.59 Å². The number of hydrogen-bond donors (Lipinski definition) is 3. The first-order valence-corrected chi connectivity index (χ1v) is 5.43. The van der Waals surface area contributed by atoms with Crippen molar-refractivity contribution in [1.29, 1.82) is 0 Å². The van der Waals surface area contributed by atoms with Crippen LogP contribution in [0.5, 0.6) is 0 Å². The van der Waals surface area contributed by atoms with E-state index >= 15 is 0 Å². The standard InChI is InChI=1S/C11H12BNO4/c1-6-16-11(17-6)7-2-3-9-8(4-7)5-10(13-9)12(14)15/h2-6,11,13-15H,1H3. The topological polar surface area (TPSA) is 74.7 Å². The zero-order valence-corrected chi connectivity index (χ0v) is 9.25. The molecule has 0 radical (unpaired) electrons. The van der Waals surface area contributed by atoms with Crippen LogP contribution in [0.3, 0.4) is 0 Å². The maximum Gasteiger partial charge on any atom is 0.505 e. The van der Waals surface area contributed by atoms with Crippen LogP contribution in [0.2, 0.25) is 0 Å². The number of aromatic amines is 1. The highest BCUT2D eigenvalue weighted by molar-refractivity contribution is 6.58. The highest BCUT2D eigenvalue weighted by atomic mass is 16.9. The molecule has 17 heavy (non-hydrogen) atoms. The number of ether oxygens (including phenoxy) is 2. The number of aromatic nitrogens is 1. The van der Waals surface area contributed by atoms with E-state index in [-0.39, 0.29) is 12.6 Å². The van der Waals surface area contributed by atoms with Gasteiger partial charge in [0.2, 0.25) is 0 Å². The summed E-state index contributed by atoms with van der Waals surface area (Å²) in [5.41, 5.74) is 2.15. The minimum Gasteiger partial charge on any atom is -0.422 e. The van der Waals surface area contributed by atoms with E-state index in [1.54, 1.807) is 6.07 Å². The second-order valence-corrected chi connectivity index (χ2v) is 4.12. The fourth-order valence-electron chi connectivity index (χ4n) is 1.97. The fraction of sp³-hybridized carbons (Fsp3) is 0.273. The molecule has 5 nitrogen and oxygen atoms in total. The van der Waals surface area contributed by atoms with Gasteiger partial charge in [-0.05, 0) is 30.5 Å². The number of hydrogen-bond acceptors (Lipinski definition) is 4. The van der Waals surface area contributed by atoms with Gasteiger partial charge in [0.15, 0.2) is 12.6 Å². The molecule has 0 amide bonds. The normalized spacial score (nSPS) is 23.7. The molecule has 1 aliphatic heterocycles. The molecule has 2 heterocycles. The van der Waals surface area contributed by atoms with E-state index in [0.717, 1.165) is 16.5 Å². The summed E-state index contributed by atoms with van der Waals surface area (Å²) in [5, 5.41) is 19.0. The molecule has 1 aromatic carbocycles. The van der Waals surface area contributed by atoms with E-state index in [9.17, 15) is 0 Å². The zero-order chi connectivity index (χ0) is 12.0. The Bertz CT molecular complexity index is 547. The Balaban J connectivity index is 1.95. The molecule has 1 saturated heterocycles. The lowest BCUT2D eigenvalue weighted by molar-refractivity contribution is -0.382. The zero-order valence-electron chi connectivity index (χ0n) is 9.25. The molecule has 6 heteroatoms. The molecule has 0 spiro atoms. The van der Waals surface area contributed by atoms with Crippen LogP contribution in [0.4, 0.5) is 0 Å². The van der Waals surface area contributed by atoms with Crippen molar-refractivity contribution >= 4 is 23.6 Å². The van der Waals surface area contributed by atoms with Gasteiger partial charge in [0.1, 0.15) is 0 Å². The summed E-state index contributed by atoms with van der Waals surface area (Å²) in [5.74, 6) is 0. The lowest BCUT2D eigenvalue weighted by atomic mass is 9.86. The van der Waals surface area contributed by atoms with Gasteiger partial charge >= 0.3 is 7.12 Å². The minimum atomic E-state index is -1.48. The van der Waals surface area contributed by atoms with Gasteiger partial charge in [0.25, 0.3) is 0 Å². The maximum absolute atomic E-state index is 9.07. The summed E-state index contributed by atoms with van der Waals surface area (Å²) in [4.78, 5) is 2.92. The number of rotatable bonds is 2. The second kappa shape index (κ2) is 3.85. The third-order valence-electron chi connectivity index (χ3n) is 2.85. The summed E-state index contributed by atoms with van der Waals surface area (Å²) in [6, 6.07) is 7.37. The molecule has 3 N–H and O–H groups in total. The monoisotopic (exact) mass is 233 g/mol. The number of fused-ring (bicyclic) bond motifs is 1. The predicted octanol–water partition coefficient (Wildman–Crippen LogP) is 0.239. The largest absolute Gasteiger partial charge is 0.505 e. The summed E-state index contributed by atoms with van der Waals surface area (Å²) in [6.07, 6.45) is -0.469. The van der Waals surface area contributed by atoms with Gasteiger partial charge in [0, 0.05) is 16.7 Å². The van der Waals surface area contributed by atoms with E-state index in [1.165, 1.54) is 0 Å². The second-order valence-electron chi connectivity index (χ2n) is 4.12. The Morgan fingerprint density at radius 3 is 2.65 bits per heavy atom. The first kappa shape index (κ1) is 10.8. The van der Waals surface area contributed by atoms with Crippen LogP contribution in [0, 0.1) is 0 Å². The van der Waals surface area contributed by atoms with Crippen LogP contribution in [0.1, 0.15) is 18.8 Å². The predicted molar refractivity (Wildman–Crippen MR) is 62.5 cm³/mol. The molecule has 3 rings (SSSR count). The van der Waals surface area contributed by atoms with Crippen molar-refractivity contribution in [3.63, 3.8) is 0 Å².